The van der Waals surface area contributed by atoms with E-state index in [0.29, 0.717) is 45.1 Å². The monoisotopic (exact) mass is 474 g/mol. The number of nitro groups is 1. The van der Waals surface area contributed by atoms with Crippen molar-refractivity contribution in [2.75, 3.05) is 44.3 Å². The fraction of sp³-hybridized carbons (Fsp3) is 0.409. The summed E-state index contributed by atoms with van der Waals surface area (Å²) in [6.45, 7) is 3.45. The van der Waals surface area contributed by atoms with Gasteiger partial charge >= 0.3 is 0 Å². The minimum atomic E-state index is -3.49. The Morgan fingerprint density at radius 3 is 2.33 bits per heavy atom. The van der Waals surface area contributed by atoms with Crippen LogP contribution in [0.4, 0.5) is 11.4 Å². The Morgan fingerprint density at radius 2 is 1.70 bits per heavy atom. The van der Waals surface area contributed by atoms with Gasteiger partial charge in [0.1, 0.15) is 0 Å². The summed E-state index contributed by atoms with van der Waals surface area (Å²) in [5.74, 6) is -0.436. The second-order valence-electron chi connectivity index (χ2n) is 8.00. The number of nitrogens with one attached hydrogen (secondary N) is 1. The van der Waals surface area contributed by atoms with Crippen molar-refractivity contribution >= 4 is 27.3 Å². The Kier molecular flexibility index (Phi) is 6.91. The molecule has 2 aliphatic heterocycles. The van der Waals surface area contributed by atoms with Gasteiger partial charge in [0, 0.05) is 44.9 Å². The van der Waals surface area contributed by atoms with Crippen LogP contribution in [0.15, 0.2) is 47.4 Å². The van der Waals surface area contributed by atoms with E-state index in [9.17, 15) is 23.3 Å². The Morgan fingerprint density at radius 1 is 1.03 bits per heavy atom. The topological polar surface area (TPSA) is 122 Å². The number of ether oxygens (including phenoxy) is 1. The van der Waals surface area contributed by atoms with Crippen LogP contribution in [0.3, 0.4) is 0 Å². The number of hydrogen-bond donors (Lipinski definition) is 1. The highest BCUT2D eigenvalue weighted by atomic mass is 32.2. The van der Waals surface area contributed by atoms with Crippen molar-refractivity contribution in [3.63, 3.8) is 0 Å². The molecule has 2 fully saturated rings. The van der Waals surface area contributed by atoms with E-state index in [2.05, 4.69) is 5.32 Å². The van der Waals surface area contributed by atoms with Crippen molar-refractivity contribution < 1.29 is 22.9 Å². The molecule has 176 valence electrons. The molecule has 0 radical (unpaired) electrons. The molecule has 11 heteroatoms. The zero-order valence-electron chi connectivity index (χ0n) is 18.1. The largest absolute Gasteiger partial charge is 0.378 e. The number of carbonyl (C=O) groups is 1. The number of anilines is 1. The Bertz CT molecular complexity index is 1120. The van der Waals surface area contributed by atoms with E-state index in [1.165, 1.54) is 16.4 Å². The van der Waals surface area contributed by atoms with Crippen molar-refractivity contribution in [1.29, 1.82) is 0 Å². The summed E-state index contributed by atoms with van der Waals surface area (Å²) >= 11 is 0. The molecule has 2 aromatic rings. The normalized spacial score (nSPS) is 17.2. The first-order valence-electron chi connectivity index (χ1n) is 10.8. The molecule has 0 bridgehead atoms. The quantitative estimate of drug-likeness (QED) is 0.482. The number of non-ortho nitro benzene ring substituents is 1. The fourth-order valence-corrected chi connectivity index (χ4v) is 5.55. The number of benzene rings is 2. The molecule has 33 heavy (non-hydrogen) atoms. The average Bonchev–Trinajstić information content (AvgIpc) is 3.39. The summed E-state index contributed by atoms with van der Waals surface area (Å²) in [7, 11) is -3.49. The predicted octanol–water partition coefficient (Wildman–Crippen LogP) is 2.15. The summed E-state index contributed by atoms with van der Waals surface area (Å²) < 4.78 is 32.2. The Labute approximate surface area is 192 Å². The van der Waals surface area contributed by atoms with E-state index in [-0.39, 0.29) is 22.7 Å². The molecular formula is C22H26N4O6S. The van der Waals surface area contributed by atoms with Crippen LogP contribution in [0.5, 0.6) is 0 Å². The van der Waals surface area contributed by atoms with E-state index in [0.717, 1.165) is 18.4 Å². The van der Waals surface area contributed by atoms with Gasteiger partial charge in [0.15, 0.2) is 0 Å². The van der Waals surface area contributed by atoms with Gasteiger partial charge in [-0.25, -0.2) is 8.42 Å². The lowest BCUT2D eigenvalue weighted by molar-refractivity contribution is -0.384. The molecule has 0 aliphatic carbocycles. The fourth-order valence-electron chi connectivity index (χ4n) is 4.03. The Balaban J connectivity index is 1.48. The molecule has 2 saturated heterocycles. The van der Waals surface area contributed by atoms with Gasteiger partial charge < -0.3 is 15.0 Å². The summed E-state index contributed by atoms with van der Waals surface area (Å²) in [5, 5.41) is 14.0. The van der Waals surface area contributed by atoms with Crippen LogP contribution >= 0.6 is 0 Å². The van der Waals surface area contributed by atoms with Crippen LogP contribution < -0.4 is 10.2 Å². The molecular weight excluding hydrogens is 448 g/mol. The molecule has 10 nitrogen and oxygen atoms in total. The van der Waals surface area contributed by atoms with E-state index in [1.807, 2.05) is 4.90 Å². The molecule has 2 heterocycles. The number of nitro benzene ring substituents is 1. The number of rotatable bonds is 7. The van der Waals surface area contributed by atoms with Gasteiger partial charge in [-0.05, 0) is 36.6 Å². The molecule has 1 N–H and O–H groups in total. The van der Waals surface area contributed by atoms with Crippen LogP contribution in [0.2, 0.25) is 0 Å². The van der Waals surface area contributed by atoms with Gasteiger partial charge in [-0.1, -0.05) is 12.1 Å². The van der Waals surface area contributed by atoms with Crippen molar-refractivity contribution in [3.05, 3.63) is 63.7 Å². The summed E-state index contributed by atoms with van der Waals surface area (Å²) in [6, 6.07) is 10.7. The number of morpholine rings is 1. The predicted molar refractivity (Wildman–Crippen MR) is 122 cm³/mol. The van der Waals surface area contributed by atoms with E-state index in [4.69, 9.17) is 4.74 Å². The van der Waals surface area contributed by atoms with Crippen molar-refractivity contribution in [2.24, 2.45) is 0 Å². The average molecular weight is 475 g/mol. The van der Waals surface area contributed by atoms with E-state index in [1.54, 1.807) is 30.3 Å². The maximum atomic E-state index is 13.0. The second kappa shape index (κ2) is 9.86. The van der Waals surface area contributed by atoms with Crippen LogP contribution in [0, 0.1) is 10.1 Å². The first kappa shape index (κ1) is 23.1. The summed E-state index contributed by atoms with van der Waals surface area (Å²) in [4.78, 5) is 25.9. The van der Waals surface area contributed by atoms with Crippen LogP contribution in [0.1, 0.15) is 28.8 Å². The summed E-state index contributed by atoms with van der Waals surface area (Å²) in [5.41, 5.74) is 1.41. The van der Waals surface area contributed by atoms with Gasteiger partial charge in [0.05, 0.1) is 34.3 Å². The SMILES string of the molecule is O=C(NCc1ccc(S(=O)(=O)N2CCCC2)cc1)c1cc([N+](=O)[O-])ccc1N1CCOCC1. The van der Waals surface area contributed by atoms with Gasteiger partial charge in [-0.3, -0.25) is 14.9 Å². The second-order valence-corrected chi connectivity index (χ2v) is 9.93. The lowest BCUT2D eigenvalue weighted by Crippen LogP contribution is -2.38. The van der Waals surface area contributed by atoms with Gasteiger partial charge in [0.2, 0.25) is 10.0 Å². The molecule has 2 aromatic carbocycles. The number of hydrogen-bond acceptors (Lipinski definition) is 7. The zero-order valence-corrected chi connectivity index (χ0v) is 18.9. The molecule has 0 aromatic heterocycles. The summed E-state index contributed by atoms with van der Waals surface area (Å²) in [6.07, 6.45) is 1.74. The number of amides is 1. The number of carbonyl (C=O) groups excluding carboxylic acids is 1. The van der Waals surface area contributed by atoms with Gasteiger partial charge in [-0.15, -0.1) is 0 Å². The molecule has 0 atom stereocenters. The highest BCUT2D eigenvalue weighted by molar-refractivity contribution is 7.89. The third-order valence-electron chi connectivity index (χ3n) is 5.87. The van der Waals surface area contributed by atoms with E-state index < -0.39 is 20.9 Å². The van der Waals surface area contributed by atoms with Crippen LogP contribution in [-0.4, -0.2) is 62.9 Å². The van der Waals surface area contributed by atoms with Gasteiger partial charge in [0.25, 0.3) is 11.6 Å². The number of nitrogens with zero attached hydrogens (tertiary/aromatic N) is 3. The molecule has 0 saturated carbocycles. The maximum Gasteiger partial charge on any atom is 0.270 e. The number of sulfonamides is 1. The van der Waals surface area contributed by atoms with Gasteiger partial charge in [-0.2, -0.15) is 4.31 Å². The minimum absolute atomic E-state index is 0.159. The smallest absolute Gasteiger partial charge is 0.270 e. The molecule has 2 aliphatic rings. The standard InChI is InChI=1S/C22H26N4O6S/c27-22(20-15-18(26(28)29)5-8-21(20)24-11-13-32-14-12-24)23-16-17-3-6-19(7-4-17)33(30,31)25-9-1-2-10-25/h3-8,15H,1-2,9-14,16H2,(H,23,27). The van der Waals surface area contributed by atoms with Crippen LogP contribution in [-0.2, 0) is 21.3 Å². The minimum Gasteiger partial charge on any atom is -0.378 e. The lowest BCUT2D eigenvalue weighted by atomic mass is 10.1. The van der Waals surface area contributed by atoms with Crippen molar-refractivity contribution in [1.82, 2.24) is 9.62 Å². The van der Waals surface area contributed by atoms with Crippen molar-refractivity contribution in [3.8, 4) is 0 Å². The third-order valence-corrected chi connectivity index (χ3v) is 7.78. The van der Waals surface area contributed by atoms with Crippen molar-refractivity contribution in [2.45, 2.75) is 24.3 Å². The Hall–Kier alpha value is -3.02. The zero-order chi connectivity index (χ0) is 23.4. The first-order chi connectivity index (χ1) is 15.9. The molecule has 1 amide bonds. The van der Waals surface area contributed by atoms with Crippen LogP contribution in [0.25, 0.3) is 0 Å². The lowest BCUT2D eigenvalue weighted by Gasteiger charge is -2.30. The third kappa shape index (κ3) is 5.15. The highest BCUT2D eigenvalue weighted by Gasteiger charge is 2.27. The molecule has 0 unspecified atom stereocenters. The van der Waals surface area contributed by atoms with E-state index >= 15 is 0 Å². The molecule has 0 spiro atoms. The highest BCUT2D eigenvalue weighted by Crippen LogP contribution is 2.27. The first-order valence-corrected chi connectivity index (χ1v) is 12.3. The molecule has 4 rings (SSSR count). The maximum absolute atomic E-state index is 13.0.